The first kappa shape index (κ1) is 33.8. The minimum atomic E-state index is -0.691. The number of methoxy groups -OCH3 is 2. The van der Waals surface area contributed by atoms with E-state index in [0.717, 1.165) is 108 Å². The number of pyridine rings is 1. The number of aryl methyl sites for hydroxylation is 2. The standard InChI is InChI=1S/C38H46N6O6/c1-23-24(2)36(47)40(3)19-27(23)26-16-31(49-5)28(32(17-26)50-6)20-42-14-12-38(13-15-42)21-43(22-38)18-25-8-7-9-29-34(25)41(4)37(48)44(29)30-10-11-33(45)39-35(30)46/h7-9,16-17,19,30H,10-15,18,20-22H2,1-6H3,(H,39,45,46). The van der Waals surface area contributed by atoms with Crippen molar-refractivity contribution < 1.29 is 19.1 Å². The van der Waals surface area contributed by atoms with Gasteiger partial charge >= 0.3 is 5.69 Å². The van der Waals surface area contributed by atoms with Crippen LogP contribution in [0.5, 0.6) is 11.5 Å². The van der Waals surface area contributed by atoms with Crippen molar-refractivity contribution in [2.75, 3.05) is 40.4 Å². The molecule has 2 aromatic carbocycles. The van der Waals surface area contributed by atoms with Crippen molar-refractivity contribution in [2.24, 2.45) is 19.5 Å². The van der Waals surface area contributed by atoms with E-state index in [1.54, 1.807) is 42.0 Å². The summed E-state index contributed by atoms with van der Waals surface area (Å²) in [5.74, 6) is 0.832. The summed E-state index contributed by atoms with van der Waals surface area (Å²) >= 11 is 0. The van der Waals surface area contributed by atoms with Crippen LogP contribution in [0.15, 0.2) is 46.1 Å². The molecule has 0 saturated carbocycles. The highest BCUT2D eigenvalue weighted by Crippen LogP contribution is 2.43. The molecule has 1 atom stereocenters. The molecule has 50 heavy (non-hydrogen) atoms. The predicted molar refractivity (Wildman–Crippen MR) is 191 cm³/mol. The molecule has 1 unspecified atom stereocenters. The van der Waals surface area contributed by atoms with Crippen molar-refractivity contribution in [1.82, 2.24) is 28.8 Å². The Bertz CT molecular complexity index is 2100. The number of hydrogen-bond donors (Lipinski definition) is 1. The van der Waals surface area contributed by atoms with Gasteiger partial charge in [-0.1, -0.05) is 12.1 Å². The third kappa shape index (κ3) is 5.73. The van der Waals surface area contributed by atoms with E-state index in [-0.39, 0.29) is 29.0 Å². The number of nitrogens with zero attached hydrogens (tertiary/aromatic N) is 5. The van der Waals surface area contributed by atoms with Crippen LogP contribution in [0.25, 0.3) is 22.2 Å². The minimum absolute atomic E-state index is 0.00490. The third-order valence-corrected chi connectivity index (χ3v) is 11.4. The van der Waals surface area contributed by atoms with Crippen LogP contribution < -0.4 is 26.0 Å². The van der Waals surface area contributed by atoms with Crippen molar-refractivity contribution in [3.05, 3.63) is 79.6 Å². The Morgan fingerprint density at radius 1 is 0.900 bits per heavy atom. The van der Waals surface area contributed by atoms with Crippen molar-refractivity contribution in [3.8, 4) is 22.6 Å². The van der Waals surface area contributed by atoms with Crippen LogP contribution >= 0.6 is 0 Å². The van der Waals surface area contributed by atoms with E-state index in [1.165, 1.54) is 0 Å². The molecule has 264 valence electrons. The van der Waals surface area contributed by atoms with Crippen LogP contribution in [-0.4, -0.2) is 75.7 Å². The van der Waals surface area contributed by atoms with E-state index in [4.69, 9.17) is 9.47 Å². The summed E-state index contributed by atoms with van der Waals surface area (Å²) in [6.07, 6.45) is 4.61. The van der Waals surface area contributed by atoms with Crippen LogP contribution in [0.2, 0.25) is 0 Å². The van der Waals surface area contributed by atoms with Gasteiger partial charge in [-0.3, -0.25) is 38.6 Å². The van der Waals surface area contributed by atoms with Gasteiger partial charge in [0.2, 0.25) is 11.8 Å². The molecular weight excluding hydrogens is 636 g/mol. The highest BCUT2D eigenvalue weighted by Gasteiger charge is 2.45. The molecule has 2 aromatic heterocycles. The number of likely N-dealkylation sites (tertiary alicyclic amines) is 2. The molecule has 0 aliphatic carbocycles. The molecule has 12 nitrogen and oxygen atoms in total. The van der Waals surface area contributed by atoms with Gasteiger partial charge in [-0.15, -0.1) is 0 Å². The second kappa shape index (κ2) is 12.9. The number of carbonyl (C=O) groups is 2. The number of piperidine rings is 2. The molecule has 4 aromatic rings. The molecule has 3 saturated heterocycles. The fourth-order valence-electron chi connectivity index (χ4n) is 8.42. The Morgan fingerprint density at radius 3 is 2.22 bits per heavy atom. The fourth-order valence-corrected chi connectivity index (χ4v) is 8.42. The van der Waals surface area contributed by atoms with Gasteiger partial charge in [0.25, 0.3) is 5.56 Å². The van der Waals surface area contributed by atoms with Gasteiger partial charge in [0, 0.05) is 64.0 Å². The lowest BCUT2D eigenvalue weighted by molar-refractivity contribution is -0.135. The zero-order chi connectivity index (χ0) is 35.5. The van der Waals surface area contributed by atoms with E-state index in [0.29, 0.717) is 6.42 Å². The molecule has 0 radical (unpaired) electrons. The monoisotopic (exact) mass is 682 g/mol. The number of amides is 2. The number of benzene rings is 2. The topological polar surface area (TPSA) is 120 Å². The normalized spacial score (nSPS) is 19.5. The van der Waals surface area contributed by atoms with Crippen LogP contribution in [0, 0.1) is 19.3 Å². The summed E-state index contributed by atoms with van der Waals surface area (Å²) in [6.45, 7) is 9.23. The van der Waals surface area contributed by atoms with E-state index in [1.807, 2.05) is 32.2 Å². The first-order chi connectivity index (χ1) is 23.9. The number of aromatic nitrogens is 3. The molecule has 3 aliphatic heterocycles. The maximum atomic E-state index is 13.4. The average molecular weight is 683 g/mol. The molecule has 2 amide bonds. The van der Waals surface area contributed by atoms with E-state index in [2.05, 4.69) is 33.3 Å². The van der Waals surface area contributed by atoms with Gasteiger partial charge in [0.1, 0.15) is 17.5 Å². The Labute approximate surface area is 291 Å². The Morgan fingerprint density at radius 2 is 1.58 bits per heavy atom. The molecule has 5 heterocycles. The van der Waals surface area contributed by atoms with E-state index >= 15 is 0 Å². The third-order valence-electron chi connectivity index (χ3n) is 11.4. The van der Waals surface area contributed by atoms with Gasteiger partial charge in [-0.05, 0) is 86.5 Å². The van der Waals surface area contributed by atoms with Crippen molar-refractivity contribution >= 4 is 22.8 Å². The first-order valence-electron chi connectivity index (χ1n) is 17.3. The van der Waals surface area contributed by atoms with Crippen molar-refractivity contribution in [1.29, 1.82) is 0 Å². The maximum absolute atomic E-state index is 13.4. The molecule has 1 N–H and O–H groups in total. The highest BCUT2D eigenvalue weighted by atomic mass is 16.5. The second-order valence-electron chi connectivity index (χ2n) is 14.5. The van der Waals surface area contributed by atoms with Gasteiger partial charge < -0.3 is 14.0 Å². The smallest absolute Gasteiger partial charge is 0.329 e. The summed E-state index contributed by atoms with van der Waals surface area (Å²) in [6, 6.07) is 9.32. The van der Waals surface area contributed by atoms with Gasteiger partial charge in [0.15, 0.2) is 0 Å². The number of imide groups is 1. The number of hydrogen-bond acceptors (Lipinski definition) is 8. The molecule has 12 heteroatoms. The zero-order valence-corrected chi connectivity index (χ0v) is 29.8. The zero-order valence-electron chi connectivity index (χ0n) is 29.8. The Kier molecular flexibility index (Phi) is 8.72. The highest BCUT2D eigenvalue weighted by molar-refractivity contribution is 6.00. The van der Waals surface area contributed by atoms with E-state index in [9.17, 15) is 19.2 Å². The minimum Gasteiger partial charge on any atom is -0.496 e. The van der Waals surface area contributed by atoms with Crippen LogP contribution in [0.4, 0.5) is 0 Å². The van der Waals surface area contributed by atoms with Gasteiger partial charge in [0.05, 0.1) is 30.8 Å². The molecule has 0 bridgehead atoms. The number of nitrogens with one attached hydrogen (secondary N) is 1. The summed E-state index contributed by atoms with van der Waals surface area (Å²) in [5.41, 5.74) is 7.30. The summed E-state index contributed by atoms with van der Waals surface area (Å²) < 4.78 is 16.6. The van der Waals surface area contributed by atoms with Gasteiger partial charge in [-0.25, -0.2) is 4.79 Å². The molecule has 7 rings (SSSR count). The van der Waals surface area contributed by atoms with Crippen LogP contribution in [0.1, 0.15) is 54.0 Å². The number of carbonyl (C=O) groups excluding carboxylic acids is 2. The lowest BCUT2D eigenvalue weighted by atomic mass is 9.72. The summed E-state index contributed by atoms with van der Waals surface area (Å²) in [4.78, 5) is 55.2. The number of imidazole rings is 1. The molecular formula is C38H46N6O6. The quantitative estimate of drug-likeness (QED) is 0.281. The lowest BCUT2D eigenvalue weighted by Gasteiger charge is -2.54. The largest absolute Gasteiger partial charge is 0.496 e. The SMILES string of the molecule is COc1cc(-c2cn(C)c(=O)c(C)c2C)cc(OC)c1CN1CCC2(CC1)CN(Cc1cccc3c1n(C)c(=O)n3C1CCC(=O)NC1=O)C2. The number of para-hydroxylation sites is 1. The average Bonchev–Trinajstić information content (AvgIpc) is 3.35. The van der Waals surface area contributed by atoms with Gasteiger partial charge in [-0.2, -0.15) is 0 Å². The lowest BCUT2D eigenvalue weighted by Crippen LogP contribution is -2.59. The fraction of sp³-hybridized carbons (Fsp3) is 0.474. The maximum Gasteiger partial charge on any atom is 0.329 e. The van der Waals surface area contributed by atoms with Crippen molar-refractivity contribution in [3.63, 3.8) is 0 Å². The molecule has 3 aliphatic rings. The predicted octanol–water partition coefficient (Wildman–Crippen LogP) is 3.42. The number of ether oxygens (including phenoxy) is 2. The second-order valence-corrected chi connectivity index (χ2v) is 14.5. The molecule has 3 fully saturated rings. The van der Waals surface area contributed by atoms with Crippen molar-refractivity contribution in [2.45, 2.75) is 58.7 Å². The Hall–Kier alpha value is -4.68. The number of rotatable bonds is 8. The Balaban J connectivity index is 1.02. The molecule has 1 spiro atoms. The number of fused-ring (bicyclic) bond motifs is 1. The summed E-state index contributed by atoms with van der Waals surface area (Å²) in [5, 5.41) is 2.39. The van der Waals surface area contributed by atoms with Crippen LogP contribution in [0.3, 0.4) is 0 Å². The first-order valence-corrected chi connectivity index (χ1v) is 17.3. The van der Waals surface area contributed by atoms with E-state index < -0.39 is 11.9 Å². The summed E-state index contributed by atoms with van der Waals surface area (Å²) in [7, 11) is 6.92. The van der Waals surface area contributed by atoms with Crippen LogP contribution in [-0.2, 0) is 36.8 Å².